The molecule has 5 heteroatoms. The largest absolute Gasteiger partial charge is 0.312 e. The van der Waals surface area contributed by atoms with Crippen LogP contribution in [0.15, 0.2) is 0 Å². The number of rotatable bonds is 0. The van der Waals surface area contributed by atoms with Crippen molar-refractivity contribution in [3.63, 3.8) is 0 Å². The highest BCUT2D eigenvalue weighted by Crippen LogP contribution is 2.33. The quantitative estimate of drug-likeness (QED) is 0.450. The van der Waals surface area contributed by atoms with E-state index in [9.17, 15) is 0 Å². The molecule has 0 aromatic rings. The van der Waals surface area contributed by atoms with Crippen molar-refractivity contribution in [3.05, 3.63) is 0 Å². The van der Waals surface area contributed by atoms with Gasteiger partial charge < -0.3 is 69.6 Å². The zero-order valence-electron chi connectivity index (χ0n) is 2.09. The topological polar surface area (TPSA) is 0 Å². The molecule has 0 fully saturated rings. The second kappa shape index (κ2) is 2.52. The molecule has 0 atom stereocenters. The molecule has 5 heavy (non-hydrogen) atoms. The van der Waals surface area contributed by atoms with E-state index in [4.69, 9.17) is 0 Å². The number of hydrogen-bond donors (Lipinski definition) is 0. The van der Waals surface area contributed by atoms with Crippen molar-refractivity contribution in [1.82, 2.24) is 0 Å². The maximum absolute atomic E-state index is 3.26. The fraction of sp³-hybridized carbons (Fsp3) is 0. The van der Waals surface area contributed by atoms with Gasteiger partial charge in [0.25, 0.3) is 0 Å². The van der Waals surface area contributed by atoms with Gasteiger partial charge in [-0.05, 0) is 0 Å². The van der Waals surface area contributed by atoms with Crippen LogP contribution in [0, 0.1) is 0 Å². The van der Waals surface area contributed by atoms with Crippen molar-refractivity contribution in [3.8, 4) is 0 Å². The highest BCUT2D eigenvalue weighted by Gasteiger charge is 1.99. The van der Waals surface area contributed by atoms with Crippen LogP contribution in [0.1, 0.15) is 0 Å². The van der Waals surface area contributed by atoms with E-state index in [1.807, 2.05) is 0 Å². The van der Waals surface area contributed by atoms with Crippen LogP contribution in [0.4, 0.5) is 0 Å². The van der Waals surface area contributed by atoms with E-state index < -0.39 is 0.475 Å². The van der Waals surface area contributed by atoms with Crippen LogP contribution < -0.4 is 0 Å². The summed E-state index contributed by atoms with van der Waals surface area (Å²) in [6, 6.07) is 0. The predicted molar refractivity (Wildman–Crippen MR) is 46.6 cm³/mol. The van der Waals surface area contributed by atoms with Gasteiger partial charge in [0, 0.05) is 0 Å². The zero-order valence-corrected chi connectivity index (χ0v) is 9.00. The molecule has 0 saturated carbocycles. The van der Waals surface area contributed by atoms with Gasteiger partial charge in [-0.3, -0.25) is 0 Å². The van der Waals surface area contributed by atoms with Crippen molar-refractivity contribution in [2.45, 2.75) is 0 Å². The summed E-state index contributed by atoms with van der Waals surface area (Å²) in [5.41, 5.74) is 0. The monoisotopic (exact) mass is 375 g/mol. The molecule has 0 aromatic carbocycles. The van der Waals surface area contributed by atoms with Crippen LogP contribution in [0.3, 0.4) is 0 Å². The van der Waals surface area contributed by atoms with Gasteiger partial charge in [0.2, 0.25) is 0.475 Å². The van der Waals surface area contributed by atoms with Crippen molar-refractivity contribution in [2.75, 3.05) is 0 Å². The van der Waals surface area contributed by atoms with Gasteiger partial charge in [0.15, 0.2) is 0 Å². The third-order valence-electron chi connectivity index (χ3n) is 0. The molecule has 0 aliphatic rings. The van der Waals surface area contributed by atoms with Gasteiger partial charge in [-0.2, -0.15) is 0 Å². The lowest BCUT2D eigenvalue weighted by atomic mass is 10.8. The second-order valence-corrected chi connectivity index (χ2v) is 15.3. The second-order valence-electron chi connectivity index (χ2n) is 0.495. The average Bonchev–Trinajstić information content (AvgIpc) is 0.722. The lowest BCUT2D eigenvalue weighted by Crippen LogP contribution is -1.85. The molecule has 0 nitrogen and oxygen atoms in total. The molecule has 0 heterocycles. The fourth-order valence-electron chi connectivity index (χ4n) is 0. The van der Waals surface area contributed by atoms with E-state index >= 15 is 0 Å². The minimum Gasteiger partial charge on any atom is -0.312 e. The Balaban J connectivity index is 3.02. The Kier molecular flexibility index (Phi) is 3.65. The van der Waals surface area contributed by atoms with Crippen LogP contribution in [-0.2, 0) is 0 Å². The fourth-order valence-corrected chi connectivity index (χ4v) is 0. The summed E-state index contributed by atoms with van der Waals surface area (Å²) in [5.74, 6) is 0. The molecule has 0 unspecified atom stereocenters. The van der Waals surface area contributed by atoms with E-state index in [1.54, 1.807) is 0 Å². The summed E-state index contributed by atoms with van der Waals surface area (Å²) in [4.78, 5) is 0. The molecular formula is BBr3I-. The van der Waals surface area contributed by atoms with E-state index in [2.05, 4.69) is 69.6 Å². The Hall–Kier alpha value is 2.23. The van der Waals surface area contributed by atoms with Gasteiger partial charge in [-0.15, -0.1) is 0 Å². The van der Waals surface area contributed by atoms with Crippen LogP contribution in [0.5, 0.6) is 0 Å². The van der Waals surface area contributed by atoms with Gasteiger partial charge >= 0.3 is 0 Å². The Labute approximate surface area is 69.2 Å². The van der Waals surface area contributed by atoms with Gasteiger partial charge in [0.05, 0.1) is 0 Å². The highest BCUT2D eigenvalue weighted by molar-refractivity contribution is 14.1. The van der Waals surface area contributed by atoms with Crippen LogP contribution in [0.25, 0.3) is 0 Å². The first-order valence-corrected chi connectivity index (χ1v) is 4.87. The summed E-state index contributed by atoms with van der Waals surface area (Å²) < 4.78 is -0.592. The Morgan fingerprint density at radius 3 is 1.20 bits per heavy atom. The third-order valence-corrected chi connectivity index (χ3v) is 0. The minimum atomic E-state index is -0.592. The van der Waals surface area contributed by atoms with Crippen LogP contribution >= 0.6 is 69.6 Å². The first kappa shape index (κ1) is 7.23. The molecule has 0 radical (unpaired) electrons. The molecule has 0 N–H and O–H groups in total. The van der Waals surface area contributed by atoms with Gasteiger partial charge in [0.1, 0.15) is 0 Å². The molecule has 0 aromatic heterocycles. The van der Waals surface area contributed by atoms with Crippen molar-refractivity contribution >= 4 is 70.1 Å². The van der Waals surface area contributed by atoms with Gasteiger partial charge in [-0.1, -0.05) is 0 Å². The van der Waals surface area contributed by atoms with Gasteiger partial charge in [-0.25, -0.2) is 0 Å². The zero-order chi connectivity index (χ0) is 4.50. The lowest BCUT2D eigenvalue weighted by Gasteiger charge is -2.05. The maximum Gasteiger partial charge on any atom is 0.243 e. The summed E-state index contributed by atoms with van der Waals surface area (Å²) in [7, 11) is 0. The molecule has 0 aliphatic heterocycles. The molecule has 0 rings (SSSR count). The summed E-state index contributed by atoms with van der Waals surface area (Å²) >= 11 is 12.0. The van der Waals surface area contributed by atoms with E-state index in [1.165, 1.54) is 0 Å². The Bertz CT molecular complexity index is 22.4. The predicted octanol–water partition coefficient (Wildman–Crippen LogP) is 3.04. The SMILES string of the molecule is Br[B-](Br)(Br)I. The summed E-state index contributed by atoms with van der Waals surface area (Å²) in [5, 5.41) is 0. The van der Waals surface area contributed by atoms with Crippen molar-refractivity contribution in [1.29, 1.82) is 0 Å². The molecule has 32 valence electrons. The van der Waals surface area contributed by atoms with E-state index in [0.29, 0.717) is 0 Å². The molecule has 0 bridgehead atoms. The number of hydrogen-bond acceptors (Lipinski definition) is 0. The first-order chi connectivity index (χ1) is 2.00. The Morgan fingerprint density at radius 1 is 1.20 bits per heavy atom. The molecule has 0 aliphatic carbocycles. The summed E-state index contributed by atoms with van der Waals surface area (Å²) in [6.07, 6.45) is 0. The first-order valence-electron chi connectivity index (χ1n) is 0.873. The minimum absolute atomic E-state index is 0.592. The molecular weight excluding hydrogens is 377 g/mol. The average molecular weight is 377 g/mol. The summed E-state index contributed by atoms with van der Waals surface area (Å²) in [6.45, 7) is 0. The number of halogens is 4. The van der Waals surface area contributed by atoms with E-state index in [-0.39, 0.29) is 0 Å². The molecule has 0 spiro atoms. The van der Waals surface area contributed by atoms with Crippen molar-refractivity contribution < 1.29 is 0 Å². The maximum atomic E-state index is 3.26. The Morgan fingerprint density at radius 2 is 1.20 bits per heavy atom. The third kappa shape index (κ3) is 22.4. The molecule has 0 amide bonds. The standard InChI is InChI=1S/BBr3I/c2-1(3,4)5/q-1. The lowest BCUT2D eigenvalue weighted by molar-refractivity contribution is 4.90. The van der Waals surface area contributed by atoms with Crippen LogP contribution in [-0.4, -0.2) is 0.475 Å². The smallest absolute Gasteiger partial charge is 0.243 e. The van der Waals surface area contributed by atoms with E-state index in [0.717, 1.165) is 0 Å². The normalized spacial score (nSPS) is 12.0. The van der Waals surface area contributed by atoms with Crippen molar-refractivity contribution in [2.24, 2.45) is 0 Å². The molecule has 0 saturated heterocycles. The van der Waals surface area contributed by atoms with Crippen LogP contribution in [0.2, 0.25) is 0 Å². The highest BCUT2D eigenvalue weighted by atomic mass is 127.